The normalized spacial score (nSPS) is 10.7. The molecule has 0 spiro atoms. The molecule has 0 saturated carbocycles. The van der Waals surface area contributed by atoms with Gasteiger partial charge in [0.25, 0.3) is 0 Å². The van der Waals surface area contributed by atoms with Crippen LogP contribution in [0.1, 0.15) is 27.8 Å². The summed E-state index contributed by atoms with van der Waals surface area (Å²) in [6, 6.07) is 60.1. The van der Waals surface area contributed by atoms with Gasteiger partial charge in [0.05, 0.1) is 19.7 Å². The molecule has 0 bridgehead atoms. The highest BCUT2D eigenvalue weighted by atomic mass is 16.5. The summed E-state index contributed by atoms with van der Waals surface area (Å²) >= 11 is 0. The van der Waals surface area contributed by atoms with E-state index in [4.69, 9.17) is 30.2 Å². The van der Waals surface area contributed by atoms with Gasteiger partial charge in [-0.3, -0.25) is 0 Å². The molecule has 374 valence electrons. The van der Waals surface area contributed by atoms with Crippen molar-refractivity contribution in [2.45, 2.75) is 34.6 Å². The van der Waals surface area contributed by atoms with Crippen LogP contribution in [0.15, 0.2) is 182 Å². The third kappa shape index (κ3) is 11.9. The third-order valence-electron chi connectivity index (χ3n) is 12.4. The van der Waals surface area contributed by atoms with Gasteiger partial charge in [-0.25, -0.2) is 15.0 Å². The lowest BCUT2D eigenvalue weighted by Crippen LogP contribution is -2.04. The Labute approximate surface area is 436 Å². The number of para-hydroxylation sites is 8. The predicted molar refractivity (Wildman–Crippen MR) is 308 cm³/mol. The molecule has 14 heteroatoms. The molecular weight excluding hydrogens is 933 g/mol. The molecule has 0 radical (unpaired) electrons. The van der Waals surface area contributed by atoms with Gasteiger partial charge in [-0.15, -0.1) is 0 Å². The number of hydrogen-bond donors (Lipinski definition) is 6. The van der Waals surface area contributed by atoms with E-state index >= 15 is 0 Å². The number of nitrogen functional groups attached to an aromatic ring is 1. The van der Waals surface area contributed by atoms with E-state index in [2.05, 4.69) is 99.6 Å². The summed E-state index contributed by atoms with van der Waals surface area (Å²) in [6.07, 6.45) is 0. The smallest absolute Gasteiger partial charge is 0.229 e. The lowest BCUT2D eigenvalue weighted by molar-refractivity contribution is 0.419. The number of benzene rings is 8. The second-order valence-electron chi connectivity index (χ2n) is 17.7. The number of anilines is 11. The molecule has 14 nitrogen and oxygen atoms in total. The number of fused-ring (bicyclic) bond motifs is 3. The number of aryl methyl sites for hydroxylation is 5. The summed E-state index contributed by atoms with van der Waals surface area (Å²) in [5.74, 6) is 4.88. The molecule has 7 N–H and O–H groups in total. The Hall–Kier alpha value is -9.82. The van der Waals surface area contributed by atoms with Gasteiger partial charge in [0, 0.05) is 44.6 Å². The van der Waals surface area contributed by atoms with E-state index in [1.54, 1.807) is 14.2 Å². The average Bonchev–Trinajstić information content (AvgIpc) is 3.42. The van der Waals surface area contributed by atoms with Crippen LogP contribution in [-0.4, -0.2) is 44.1 Å². The first-order valence-corrected chi connectivity index (χ1v) is 24.4. The van der Waals surface area contributed by atoms with E-state index in [-0.39, 0.29) is 5.95 Å². The van der Waals surface area contributed by atoms with Crippen LogP contribution in [0, 0.1) is 34.6 Å². The maximum Gasteiger partial charge on any atom is 0.229 e. The summed E-state index contributed by atoms with van der Waals surface area (Å²) in [6.45, 7) is 10.3. The fourth-order valence-electron chi connectivity index (χ4n) is 8.26. The van der Waals surface area contributed by atoms with Gasteiger partial charge >= 0.3 is 0 Å². The topological polar surface area (TPSA) is 182 Å². The van der Waals surface area contributed by atoms with E-state index in [9.17, 15) is 0 Å². The summed E-state index contributed by atoms with van der Waals surface area (Å²) in [5, 5.41) is 19.7. The van der Waals surface area contributed by atoms with Gasteiger partial charge in [-0.2, -0.15) is 15.0 Å². The van der Waals surface area contributed by atoms with Crippen molar-refractivity contribution in [1.82, 2.24) is 29.9 Å². The minimum atomic E-state index is 0.211. The molecule has 11 rings (SSSR count). The first kappa shape index (κ1) is 50.1. The molecule has 0 atom stereocenters. The molecule has 0 aliphatic rings. The van der Waals surface area contributed by atoms with Crippen LogP contribution in [0.25, 0.3) is 32.7 Å². The second-order valence-corrected chi connectivity index (χ2v) is 17.7. The molecular formula is C61H58N12O2. The highest BCUT2D eigenvalue weighted by molar-refractivity contribution is 5.97. The number of rotatable bonds is 12. The van der Waals surface area contributed by atoms with Gasteiger partial charge in [-0.05, 0) is 129 Å². The van der Waals surface area contributed by atoms with Crippen LogP contribution in [-0.2, 0) is 0 Å². The standard InChI is InChI=1S/C23H22N4O.C22H20N4.C16H16N4O/c1-15-9-4-6-12-18(15)24-22-17-11-8-14-20(28-3)21(17)26-23(27-22)25-19-13-7-5-10-16(19)2;1-15-9-3-6-12-18(15)23-21-17-11-5-8-14-20(17)25-22(26-21)24-19-13-7-4-10-16(19)2;1-10-6-3-4-8-12(10)18-15-11-7-5-9-13(21-2)14(11)19-16(17)20-15/h4-14H,1-3H3,(H2,24,25,26,27);3-14H,1-2H3,(H2,23,24,25,26);3-9H,1-2H3,(H3,17,18,19,20). The van der Waals surface area contributed by atoms with Crippen molar-refractivity contribution >= 4 is 96.4 Å². The molecule has 0 unspecified atom stereocenters. The highest BCUT2D eigenvalue weighted by Gasteiger charge is 2.15. The van der Waals surface area contributed by atoms with Gasteiger partial charge < -0.3 is 41.8 Å². The van der Waals surface area contributed by atoms with E-state index in [0.29, 0.717) is 34.7 Å². The van der Waals surface area contributed by atoms with E-state index in [1.807, 2.05) is 159 Å². The van der Waals surface area contributed by atoms with Gasteiger partial charge in [0.15, 0.2) is 0 Å². The zero-order chi connectivity index (χ0) is 52.3. The number of hydrogen-bond acceptors (Lipinski definition) is 14. The molecule has 0 saturated heterocycles. The Morgan fingerprint density at radius 1 is 0.320 bits per heavy atom. The quantitative estimate of drug-likeness (QED) is 0.0680. The fraction of sp³-hybridized carbons (Fsp3) is 0.115. The van der Waals surface area contributed by atoms with Crippen molar-refractivity contribution in [2.24, 2.45) is 0 Å². The molecule has 0 aliphatic carbocycles. The third-order valence-corrected chi connectivity index (χ3v) is 12.4. The number of methoxy groups -OCH3 is 2. The highest BCUT2D eigenvalue weighted by Crippen LogP contribution is 2.34. The van der Waals surface area contributed by atoms with E-state index in [0.717, 1.165) is 89.5 Å². The Balaban J connectivity index is 0.000000139. The summed E-state index contributed by atoms with van der Waals surface area (Å²) in [5.41, 5.74) is 18.9. The number of nitrogens with two attached hydrogens (primary N) is 1. The first-order chi connectivity index (χ1) is 36.5. The SMILES string of the molecule is COc1cccc2c(Nc3ccccc3C)nc(N)nc12.COc1cccc2c(Nc3ccccc3C)nc(Nc3ccccc3C)nc12.Cc1ccccc1Nc1nc(Nc2ccccc2C)c2ccccc2n1. The minimum Gasteiger partial charge on any atom is -0.494 e. The molecule has 0 aliphatic heterocycles. The number of nitrogens with zero attached hydrogens (tertiary/aromatic N) is 6. The number of ether oxygens (including phenoxy) is 2. The summed E-state index contributed by atoms with van der Waals surface area (Å²) < 4.78 is 10.9. The molecule has 0 amide bonds. The molecule has 75 heavy (non-hydrogen) atoms. The Morgan fingerprint density at radius 2 is 0.653 bits per heavy atom. The van der Waals surface area contributed by atoms with E-state index in [1.165, 1.54) is 5.56 Å². The van der Waals surface area contributed by atoms with Crippen molar-refractivity contribution in [3.63, 3.8) is 0 Å². The Morgan fingerprint density at radius 3 is 1.08 bits per heavy atom. The zero-order valence-electron chi connectivity index (χ0n) is 42.9. The van der Waals surface area contributed by atoms with Crippen LogP contribution < -0.4 is 41.8 Å². The van der Waals surface area contributed by atoms with Gasteiger partial charge in [0.1, 0.15) is 40.0 Å². The van der Waals surface area contributed by atoms with Crippen molar-refractivity contribution in [1.29, 1.82) is 0 Å². The van der Waals surface area contributed by atoms with Crippen LogP contribution in [0.3, 0.4) is 0 Å². The lowest BCUT2D eigenvalue weighted by atomic mass is 10.1. The Bertz CT molecular complexity index is 3790. The van der Waals surface area contributed by atoms with Crippen LogP contribution in [0.5, 0.6) is 11.5 Å². The molecule has 3 heterocycles. The average molecular weight is 991 g/mol. The maximum absolute atomic E-state index is 5.82. The zero-order valence-corrected chi connectivity index (χ0v) is 42.9. The fourth-order valence-corrected chi connectivity index (χ4v) is 8.26. The monoisotopic (exact) mass is 990 g/mol. The lowest BCUT2D eigenvalue weighted by Gasteiger charge is -2.15. The molecule has 8 aromatic carbocycles. The van der Waals surface area contributed by atoms with Crippen LogP contribution in [0.4, 0.5) is 63.7 Å². The van der Waals surface area contributed by atoms with E-state index < -0.39 is 0 Å². The van der Waals surface area contributed by atoms with Crippen LogP contribution >= 0.6 is 0 Å². The maximum atomic E-state index is 5.82. The van der Waals surface area contributed by atoms with Crippen molar-refractivity contribution < 1.29 is 9.47 Å². The van der Waals surface area contributed by atoms with Crippen LogP contribution in [0.2, 0.25) is 0 Å². The first-order valence-electron chi connectivity index (χ1n) is 24.4. The van der Waals surface area contributed by atoms with Gasteiger partial charge in [-0.1, -0.05) is 115 Å². The Kier molecular flexibility index (Phi) is 15.5. The molecule has 3 aromatic heterocycles. The second kappa shape index (κ2) is 23.2. The molecule has 11 aromatic rings. The summed E-state index contributed by atoms with van der Waals surface area (Å²) in [7, 11) is 3.27. The van der Waals surface area contributed by atoms with Crippen molar-refractivity contribution in [3.8, 4) is 11.5 Å². The van der Waals surface area contributed by atoms with Crippen molar-refractivity contribution in [2.75, 3.05) is 46.5 Å². The minimum absolute atomic E-state index is 0.211. The predicted octanol–water partition coefficient (Wildman–Crippen LogP) is 14.7. The number of aromatic nitrogens is 6. The molecule has 0 fully saturated rings. The van der Waals surface area contributed by atoms with Crippen molar-refractivity contribution in [3.05, 3.63) is 210 Å². The number of nitrogens with one attached hydrogen (secondary N) is 5. The largest absolute Gasteiger partial charge is 0.494 e. The summed E-state index contributed by atoms with van der Waals surface area (Å²) in [4.78, 5) is 27.5. The van der Waals surface area contributed by atoms with Gasteiger partial charge in [0.2, 0.25) is 17.8 Å².